The van der Waals surface area contributed by atoms with Crippen LogP contribution in [0.1, 0.15) is 32.9 Å². The van der Waals surface area contributed by atoms with E-state index in [0.29, 0.717) is 11.7 Å². The Bertz CT molecular complexity index is 266. The predicted octanol–water partition coefficient (Wildman–Crippen LogP) is 2.20. The summed E-state index contributed by atoms with van der Waals surface area (Å²) < 4.78 is 1.90. The Morgan fingerprint density at radius 3 is 2.77 bits per heavy atom. The second-order valence-corrected chi connectivity index (χ2v) is 3.80. The number of hydrogen-bond donors (Lipinski definition) is 1. The average molecular weight is 182 g/mol. The van der Waals surface area contributed by atoms with Gasteiger partial charge in [-0.15, -0.1) is 0 Å². The van der Waals surface area contributed by atoms with Gasteiger partial charge in [0.1, 0.15) is 0 Å². The van der Waals surface area contributed by atoms with E-state index in [1.54, 1.807) is 0 Å². The molecule has 0 bridgehead atoms. The Labute approximate surface area is 79.4 Å². The molecular formula is C10H18N2O. The van der Waals surface area contributed by atoms with Gasteiger partial charge in [-0.1, -0.05) is 20.8 Å². The lowest BCUT2D eigenvalue weighted by atomic mass is 10.1. The van der Waals surface area contributed by atoms with Crippen molar-refractivity contribution in [2.45, 2.75) is 40.2 Å². The van der Waals surface area contributed by atoms with Crippen LogP contribution in [-0.2, 0) is 13.0 Å². The topological polar surface area (TPSA) is 38.0 Å². The molecule has 0 atom stereocenters. The molecule has 0 spiro atoms. The molecule has 0 radical (unpaired) electrons. The summed E-state index contributed by atoms with van der Waals surface area (Å²) in [5, 5.41) is 13.6. The van der Waals surface area contributed by atoms with E-state index in [1.165, 1.54) is 6.20 Å². The van der Waals surface area contributed by atoms with Crippen LogP contribution >= 0.6 is 0 Å². The van der Waals surface area contributed by atoms with Gasteiger partial charge in [0.25, 0.3) is 0 Å². The van der Waals surface area contributed by atoms with Crippen molar-refractivity contribution in [3.63, 3.8) is 0 Å². The second-order valence-electron chi connectivity index (χ2n) is 3.80. The van der Waals surface area contributed by atoms with Gasteiger partial charge >= 0.3 is 0 Å². The zero-order valence-corrected chi connectivity index (χ0v) is 8.62. The molecule has 13 heavy (non-hydrogen) atoms. The van der Waals surface area contributed by atoms with Gasteiger partial charge in [-0.3, -0.25) is 4.68 Å². The van der Waals surface area contributed by atoms with Gasteiger partial charge in [0.05, 0.1) is 11.9 Å². The first kappa shape index (κ1) is 10.1. The molecule has 3 heteroatoms. The van der Waals surface area contributed by atoms with Crippen LogP contribution in [0.5, 0.6) is 5.75 Å². The molecule has 1 N–H and O–H groups in total. The quantitative estimate of drug-likeness (QED) is 0.775. The minimum atomic E-state index is 0.335. The summed E-state index contributed by atoms with van der Waals surface area (Å²) >= 11 is 0. The van der Waals surface area contributed by atoms with Crippen LogP contribution in [0.15, 0.2) is 6.20 Å². The Morgan fingerprint density at radius 2 is 2.23 bits per heavy atom. The Morgan fingerprint density at radius 1 is 1.54 bits per heavy atom. The zero-order chi connectivity index (χ0) is 9.84. The molecule has 0 amide bonds. The minimum absolute atomic E-state index is 0.335. The van der Waals surface area contributed by atoms with Crippen molar-refractivity contribution in [3.8, 4) is 5.75 Å². The van der Waals surface area contributed by atoms with Crippen molar-refractivity contribution in [2.24, 2.45) is 5.92 Å². The molecule has 74 valence electrons. The van der Waals surface area contributed by atoms with E-state index in [2.05, 4.69) is 25.9 Å². The number of hydrogen-bond acceptors (Lipinski definition) is 2. The lowest BCUT2D eigenvalue weighted by Gasteiger charge is -2.08. The minimum Gasteiger partial charge on any atom is -0.504 e. The summed E-state index contributed by atoms with van der Waals surface area (Å²) in [6, 6.07) is 0. The summed E-state index contributed by atoms with van der Waals surface area (Å²) in [7, 11) is 0. The van der Waals surface area contributed by atoms with Crippen molar-refractivity contribution >= 4 is 0 Å². The van der Waals surface area contributed by atoms with Crippen molar-refractivity contribution < 1.29 is 5.11 Å². The number of rotatable bonds is 4. The van der Waals surface area contributed by atoms with Gasteiger partial charge in [-0.25, -0.2) is 0 Å². The maximum Gasteiger partial charge on any atom is 0.156 e. The number of aryl methyl sites for hydroxylation is 1. The van der Waals surface area contributed by atoms with Crippen molar-refractivity contribution in [1.29, 1.82) is 0 Å². The molecule has 0 aliphatic rings. The molecule has 0 aromatic carbocycles. The number of aromatic hydroxyl groups is 1. The van der Waals surface area contributed by atoms with Crippen LogP contribution in [0.2, 0.25) is 0 Å². The normalized spacial score (nSPS) is 11.1. The van der Waals surface area contributed by atoms with Crippen LogP contribution in [0.25, 0.3) is 0 Å². The van der Waals surface area contributed by atoms with Gasteiger partial charge in [0.15, 0.2) is 5.75 Å². The van der Waals surface area contributed by atoms with Crippen molar-refractivity contribution in [2.75, 3.05) is 0 Å². The summed E-state index contributed by atoms with van der Waals surface area (Å²) in [6.07, 6.45) is 3.48. The maximum absolute atomic E-state index is 9.52. The lowest BCUT2D eigenvalue weighted by molar-refractivity contribution is 0.452. The van der Waals surface area contributed by atoms with Gasteiger partial charge in [-0.05, 0) is 18.8 Å². The summed E-state index contributed by atoms with van der Waals surface area (Å²) in [4.78, 5) is 0. The van der Waals surface area contributed by atoms with Crippen molar-refractivity contribution in [3.05, 3.63) is 11.9 Å². The van der Waals surface area contributed by atoms with E-state index in [0.717, 1.165) is 25.1 Å². The summed E-state index contributed by atoms with van der Waals surface area (Å²) in [5.41, 5.74) is 0.969. The SMILES string of the molecule is CCCn1ncc(O)c1CC(C)C. The zero-order valence-electron chi connectivity index (χ0n) is 8.62. The van der Waals surface area contributed by atoms with Crippen LogP contribution in [-0.4, -0.2) is 14.9 Å². The average Bonchev–Trinajstić information content (AvgIpc) is 2.36. The van der Waals surface area contributed by atoms with E-state index in [4.69, 9.17) is 0 Å². The largest absolute Gasteiger partial charge is 0.504 e. The van der Waals surface area contributed by atoms with Crippen LogP contribution in [0.4, 0.5) is 0 Å². The third-order valence-corrected chi connectivity index (χ3v) is 1.96. The fraction of sp³-hybridized carbons (Fsp3) is 0.700. The fourth-order valence-electron chi connectivity index (χ4n) is 1.40. The van der Waals surface area contributed by atoms with E-state index < -0.39 is 0 Å². The molecule has 0 saturated carbocycles. The molecule has 0 aliphatic heterocycles. The Balaban J connectivity index is 2.81. The monoisotopic (exact) mass is 182 g/mol. The first-order valence-corrected chi connectivity index (χ1v) is 4.88. The summed E-state index contributed by atoms with van der Waals surface area (Å²) in [6.45, 7) is 7.28. The highest BCUT2D eigenvalue weighted by Crippen LogP contribution is 2.19. The van der Waals surface area contributed by atoms with Crippen LogP contribution in [0.3, 0.4) is 0 Å². The Kier molecular flexibility index (Phi) is 3.34. The third kappa shape index (κ3) is 2.47. The first-order chi connectivity index (χ1) is 6.15. The maximum atomic E-state index is 9.52. The highest BCUT2D eigenvalue weighted by atomic mass is 16.3. The number of nitrogens with zero attached hydrogens (tertiary/aromatic N) is 2. The molecule has 0 fully saturated rings. The van der Waals surface area contributed by atoms with Gasteiger partial charge in [-0.2, -0.15) is 5.10 Å². The van der Waals surface area contributed by atoms with E-state index in [9.17, 15) is 5.11 Å². The lowest BCUT2D eigenvalue weighted by Crippen LogP contribution is -2.07. The molecule has 1 heterocycles. The van der Waals surface area contributed by atoms with E-state index >= 15 is 0 Å². The molecular weight excluding hydrogens is 164 g/mol. The van der Waals surface area contributed by atoms with Gasteiger partial charge in [0.2, 0.25) is 0 Å². The molecule has 1 aromatic rings. The predicted molar refractivity (Wildman–Crippen MR) is 52.7 cm³/mol. The molecule has 0 aliphatic carbocycles. The standard InChI is InChI=1S/C10H18N2O/c1-4-5-12-9(6-8(2)3)10(13)7-11-12/h7-8,13H,4-6H2,1-3H3. The summed E-state index contributed by atoms with van der Waals surface area (Å²) in [5.74, 6) is 0.889. The van der Waals surface area contributed by atoms with Crippen LogP contribution < -0.4 is 0 Å². The van der Waals surface area contributed by atoms with E-state index in [1.807, 2.05) is 4.68 Å². The van der Waals surface area contributed by atoms with E-state index in [-0.39, 0.29) is 0 Å². The van der Waals surface area contributed by atoms with Gasteiger partial charge in [0, 0.05) is 6.54 Å². The van der Waals surface area contributed by atoms with Gasteiger partial charge < -0.3 is 5.11 Å². The van der Waals surface area contributed by atoms with Crippen molar-refractivity contribution in [1.82, 2.24) is 9.78 Å². The second kappa shape index (κ2) is 4.30. The Hall–Kier alpha value is -0.990. The smallest absolute Gasteiger partial charge is 0.156 e. The molecule has 1 aromatic heterocycles. The molecule has 0 unspecified atom stereocenters. The first-order valence-electron chi connectivity index (χ1n) is 4.88. The fourth-order valence-corrected chi connectivity index (χ4v) is 1.40. The molecule has 0 saturated heterocycles. The third-order valence-electron chi connectivity index (χ3n) is 1.96. The highest BCUT2D eigenvalue weighted by Gasteiger charge is 2.10. The molecule has 3 nitrogen and oxygen atoms in total. The highest BCUT2D eigenvalue weighted by molar-refractivity contribution is 5.23. The molecule has 1 rings (SSSR count). The number of aromatic nitrogens is 2. The van der Waals surface area contributed by atoms with Crippen LogP contribution in [0, 0.1) is 5.92 Å².